The van der Waals surface area contributed by atoms with E-state index < -0.39 is 0 Å². The van der Waals surface area contributed by atoms with Gasteiger partial charge in [0.2, 0.25) is 5.91 Å². The van der Waals surface area contributed by atoms with Crippen LogP contribution in [0.1, 0.15) is 24.8 Å². The highest BCUT2D eigenvalue weighted by Crippen LogP contribution is 2.27. The van der Waals surface area contributed by atoms with Gasteiger partial charge in [0.1, 0.15) is 5.75 Å². The molecule has 2 N–H and O–H groups in total. The van der Waals surface area contributed by atoms with E-state index >= 15 is 0 Å². The number of amides is 1. The van der Waals surface area contributed by atoms with Crippen molar-refractivity contribution in [3.8, 4) is 5.75 Å². The van der Waals surface area contributed by atoms with Crippen LogP contribution in [0.4, 0.5) is 0 Å². The topological polar surface area (TPSA) is 50.4 Å². The van der Waals surface area contributed by atoms with Crippen molar-refractivity contribution in [2.75, 3.05) is 11.6 Å². The van der Waals surface area contributed by atoms with Gasteiger partial charge in [-0.25, -0.2) is 0 Å². The smallest absolute Gasteiger partial charge is 0.238 e. The molecular formula is C15H21ClN2O2S. The summed E-state index contributed by atoms with van der Waals surface area (Å²) in [5.41, 5.74) is 1.05. The van der Waals surface area contributed by atoms with Crippen LogP contribution in [0.15, 0.2) is 24.3 Å². The van der Waals surface area contributed by atoms with Crippen molar-refractivity contribution >= 4 is 30.1 Å². The standard InChI is InChI=1S/C15H20N2O2S.ClH/c18-15(13-9-20-10-17-13)16-8-11-4-1-2-7-14(11)19-12-5-3-6-12;/h1-2,4,7,12-13,17H,3,5-6,8-10H2,(H,16,18);1H. The molecule has 0 bridgehead atoms. The number of hydrogen-bond acceptors (Lipinski definition) is 4. The van der Waals surface area contributed by atoms with E-state index in [1.54, 1.807) is 11.8 Å². The van der Waals surface area contributed by atoms with Gasteiger partial charge in [0.05, 0.1) is 12.1 Å². The SMILES string of the molecule is Cl.O=C(NCc1ccccc1OC1CCC1)C1CSCN1. The van der Waals surface area contributed by atoms with Gasteiger partial charge in [0.15, 0.2) is 0 Å². The van der Waals surface area contributed by atoms with Crippen LogP contribution < -0.4 is 15.4 Å². The highest BCUT2D eigenvalue weighted by molar-refractivity contribution is 7.99. The zero-order valence-corrected chi connectivity index (χ0v) is 13.5. The molecule has 1 saturated heterocycles. The molecule has 3 rings (SSSR count). The summed E-state index contributed by atoms with van der Waals surface area (Å²) in [4.78, 5) is 12.0. The first-order valence-corrected chi connectivity index (χ1v) is 8.32. The molecule has 4 nitrogen and oxygen atoms in total. The van der Waals surface area contributed by atoms with Crippen molar-refractivity contribution in [2.45, 2.75) is 38.0 Å². The van der Waals surface area contributed by atoms with E-state index in [-0.39, 0.29) is 24.4 Å². The van der Waals surface area contributed by atoms with E-state index in [9.17, 15) is 4.79 Å². The summed E-state index contributed by atoms with van der Waals surface area (Å²) in [6, 6.07) is 7.92. The fourth-order valence-corrected chi connectivity index (χ4v) is 3.24. The molecule has 0 aromatic heterocycles. The van der Waals surface area contributed by atoms with Gasteiger partial charge in [0, 0.05) is 23.7 Å². The van der Waals surface area contributed by atoms with E-state index in [1.165, 1.54) is 6.42 Å². The van der Waals surface area contributed by atoms with Crippen molar-refractivity contribution in [3.63, 3.8) is 0 Å². The molecule has 2 fully saturated rings. The first-order chi connectivity index (χ1) is 9.83. The van der Waals surface area contributed by atoms with Crippen molar-refractivity contribution in [2.24, 2.45) is 0 Å². The quantitative estimate of drug-likeness (QED) is 0.871. The summed E-state index contributed by atoms with van der Waals surface area (Å²) in [5.74, 6) is 2.70. The molecule has 6 heteroatoms. The van der Waals surface area contributed by atoms with Gasteiger partial charge in [0.25, 0.3) is 0 Å². The third kappa shape index (κ3) is 4.28. The van der Waals surface area contributed by atoms with Gasteiger partial charge in [-0.15, -0.1) is 24.2 Å². The maximum Gasteiger partial charge on any atom is 0.238 e. The van der Waals surface area contributed by atoms with Crippen LogP contribution in [0, 0.1) is 0 Å². The highest BCUT2D eigenvalue weighted by Gasteiger charge is 2.23. The minimum Gasteiger partial charge on any atom is -0.490 e. The second-order valence-electron chi connectivity index (χ2n) is 5.27. The zero-order chi connectivity index (χ0) is 13.8. The molecule has 21 heavy (non-hydrogen) atoms. The normalized spacial score (nSPS) is 21.2. The molecule has 1 aliphatic carbocycles. The molecule has 1 unspecified atom stereocenters. The average Bonchev–Trinajstić information content (AvgIpc) is 2.95. The molecule has 1 amide bonds. The highest BCUT2D eigenvalue weighted by atomic mass is 35.5. The van der Waals surface area contributed by atoms with Gasteiger partial charge in [-0.1, -0.05) is 18.2 Å². The summed E-state index contributed by atoms with van der Waals surface area (Å²) < 4.78 is 5.97. The predicted octanol–water partition coefficient (Wildman–Crippen LogP) is 2.32. The molecule has 1 aromatic rings. The Balaban J connectivity index is 0.00000161. The number of benzene rings is 1. The Labute approximate surface area is 135 Å². The minimum absolute atomic E-state index is 0. The number of nitrogens with one attached hydrogen (secondary N) is 2. The van der Waals surface area contributed by atoms with Gasteiger partial charge >= 0.3 is 0 Å². The molecule has 1 aromatic carbocycles. The van der Waals surface area contributed by atoms with Crippen molar-refractivity contribution in [1.82, 2.24) is 10.6 Å². The number of thioether (sulfide) groups is 1. The van der Waals surface area contributed by atoms with Crippen LogP contribution in [-0.4, -0.2) is 29.7 Å². The third-order valence-electron chi connectivity index (χ3n) is 3.80. The van der Waals surface area contributed by atoms with Gasteiger partial charge < -0.3 is 10.1 Å². The Morgan fingerprint density at radius 2 is 2.19 bits per heavy atom. The largest absolute Gasteiger partial charge is 0.490 e. The van der Waals surface area contributed by atoms with E-state index in [4.69, 9.17) is 4.74 Å². The second kappa shape index (κ2) is 7.92. The molecular weight excluding hydrogens is 308 g/mol. The summed E-state index contributed by atoms with van der Waals surface area (Å²) >= 11 is 1.76. The van der Waals surface area contributed by atoms with Crippen molar-refractivity contribution in [3.05, 3.63) is 29.8 Å². The van der Waals surface area contributed by atoms with Crippen molar-refractivity contribution in [1.29, 1.82) is 0 Å². The van der Waals surface area contributed by atoms with Crippen LogP contribution in [0.2, 0.25) is 0 Å². The fourth-order valence-electron chi connectivity index (χ4n) is 2.30. The fraction of sp³-hybridized carbons (Fsp3) is 0.533. The lowest BCUT2D eigenvalue weighted by molar-refractivity contribution is -0.122. The van der Waals surface area contributed by atoms with Gasteiger partial charge in [-0.2, -0.15) is 0 Å². The van der Waals surface area contributed by atoms with E-state index in [0.29, 0.717) is 12.6 Å². The number of para-hydroxylation sites is 1. The number of carbonyl (C=O) groups is 1. The Morgan fingerprint density at radius 1 is 1.38 bits per heavy atom. The maximum atomic E-state index is 12.0. The monoisotopic (exact) mass is 328 g/mol. The Bertz CT molecular complexity index is 476. The van der Waals surface area contributed by atoms with Crippen LogP contribution >= 0.6 is 24.2 Å². The van der Waals surface area contributed by atoms with Crippen LogP contribution in [-0.2, 0) is 11.3 Å². The van der Waals surface area contributed by atoms with E-state index in [1.807, 2.05) is 24.3 Å². The molecule has 1 aliphatic heterocycles. The van der Waals surface area contributed by atoms with Crippen molar-refractivity contribution < 1.29 is 9.53 Å². The van der Waals surface area contributed by atoms with E-state index in [0.717, 1.165) is 35.8 Å². The molecule has 0 spiro atoms. The number of halogens is 1. The average molecular weight is 329 g/mol. The predicted molar refractivity (Wildman–Crippen MR) is 88.1 cm³/mol. The van der Waals surface area contributed by atoms with Gasteiger partial charge in [-0.3, -0.25) is 10.1 Å². The molecule has 2 aliphatic rings. The lowest BCUT2D eigenvalue weighted by atomic mass is 9.96. The summed E-state index contributed by atoms with van der Waals surface area (Å²) in [5, 5.41) is 6.17. The van der Waals surface area contributed by atoms with E-state index in [2.05, 4.69) is 10.6 Å². The first-order valence-electron chi connectivity index (χ1n) is 7.16. The lowest BCUT2D eigenvalue weighted by Crippen LogP contribution is -2.41. The van der Waals surface area contributed by atoms with Crippen LogP contribution in [0.25, 0.3) is 0 Å². The van der Waals surface area contributed by atoms with Gasteiger partial charge in [-0.05, 0) is 25.3 Å². The van der Waals surface area contributed by atoms with Crippen LogP contribution in [0.3, 0.4) is 0 Å². The number of hydrogen-bond donors (Lipinski definition) is 2. The number of carbonyl (C=O) groups excluding carboxylic acids is 1. The first kappa shape index (κ1) is 16.5. The Hall–Kier alpha value is -0.910. The van der Waals surface area contributed by atoms with Crippen LogP contribution in [0.5, 0.6) is 5.75 Å². The second-order valence-corrected chi connectivity index (χ2v) is 6.30. The Kier molecular flexibility index (Phi) is 6.21. The summed E-state index contributed by atoms with van der Waals surface area (Å²) in [7, 11) is 0. The summed E-state index contributed by atoms with van der Waals surface area (Å²) in [6.45, 7) is 0.532. The zero-order valence-electron chi connectivity index (χ0n) is 11.8. The molecule has 1 heterocycles. The Morgan fingerprint density at radius 3 is 2.86 bits per heavy atom. The lowest BCUT2D eigenvalue weighted by Gasteiger charge is -2.27. The number of ether oxygens (including phenoxy) is 1. The number of rotatable bonds is 5. The third-order valence-corrected chi connectivity index (χ3v) is 4.74. The minimum atomic E-state index is -0.0558. The maximum absolute atomic E-state index is 12.0. The molecule has 1 atom stereocenters. The summed E-state index contributed by atoms with van der Waals surface area (Å²) in [6.07, 6.45) is 3.90. The molecule has 116 valence electrons. The molecule has 0 radical (unpaired) electrons. The molecule has 1 saturated carbocycles.